The summed E-state index contributed by atoms with van der Waals surface area (Å²) in [5.41, 5.74) is 3.82. The Morgan fingerprint density at radius 3 is 2.36 bits per heavy atom. The molecule has 1 saturated carbocycles. The zero-order valence-electron chi connectivity index (χ0n) is 23.7. The number of methoxy groups -OCH3 is 2. The van der Waals surface area contributed by atoms with E-state index in [0.29, 0.717) is 29.6 Å². The predicted molar refractivity (Wildman–Crippen MR) is 154 cm³/mol. The largest absolute Gasteiger partial charge is 0.497 e. The van der Waals surface area contributed by atoms with Crippen LogP contribution in [0.2, 0.25) is 0 Å². The van der Waals surface area contributed by atoms with Gasteiger partial charge in [0.1, 0.15) is 23.9 Å². The van der Waals surface area contributed by atoms with Gasteiger partial charge < -0.3 is 19.1 Å². The van der Waals surface area contributed by atoms with Crippen LogP contribution in [0.5, 0.6) is 11.5 Å². The highest BCUT2D eigenvalue weighted by Crippen LogP contribution is 2.51. The van der Waals surface area contributed by atoms with Crippen LogP contribution in [0.1, 0.15) is 62.3 Å². The molecule has 1 aliphatic rings. The van der Waals surface area contributed by atoms with E-state index in [4.69, 9.17) is 14.2 Å². The van der Waals surface area contributed by atoms with Crippen LogP contribution in [0.25, 0.3) is 11.1 Å². The van der Waals surface area contributed by atoms with E-state index in [2.05, 4.69) is 20.8 Å². The van der Waals surface area contributed by atoms with E-state index in [-0.39, 0.29) is 29.4 Å². The van der Waals surface area contributed by atoms with Crippen LogP contribution in [-0.4, -0.2) is 31.9 Å². The van der Waals surface area contributed by atoms with Gasteiger partial charge in [0.05, 0.1) is 13.2 Å². The lowest BCUT2D eigenvalue weighted by atomic mass is 9.81. The Bertz CT molecular complexity index is 1340. The van der Waals surface area contributed by atoms with E-state index < -0.39 is 7.37 Å². The summed E-state index contributed by atoms with van der Waals surface area (Å²) in [6.45, 7) is 8.04. The molecule has 1 N–H and O–H groups in total. The van der Waals surface area contributed by atoms with Crippen molar-refractivity contribution in [3.63, 3.8) is 0 Å². The monoisotopic (exact) mass is 554 g/mol. The maximum Gasteiger partial charge on any atom is 0.198 e. The minimum Gasteiger partial charge on any atom is -0.497 e. The summed E-state index contributed by atoms with van der Waals surface area (Å²) < 4.78 is 44.7. The van der Waals surface area contributed by atoms with Gasteiger partial charge in [-0.3, -0.25) is 4.57 Å². The Hall–Kier alpha value is -2.66. The minimum atomic E-state index is -3.14. The highest BCUT2D eigenvalue weighted by Gasteiger charge is 2.35. The van der Waals surface area contributed by atoms with Gasteiger partial charge in [0.2, 0.25) is 0 Å². The molecule has 1 unspecified atom stereocenters. The van der Waals surface area contributed by atoms with Crippen LogP contribution in [-0.2, 0) is 15.9 Å². The first-order valence-corrected chi connectivity index (χ1v) is 15.7. The van der Waals surface area contributed by atoms with Gasteiger partial charge in [-0.15, -0.1) is 0 Å². The van der Waals surface area contributed by atoms with Gasteiger partial charge in [0, 0.05) is 25.5 Å². The summed E-state index contributed by atoms with van der Waals surface area (Å²) >= 11 is 0. The number of hydrogen-bond donors (Lipinski definition) is 1. The van der Waals surface area contributed by atoms with Crippen molar-refractivity contribution in [3.8, 4) is 22.6 Å². The van der Waals surface area contributed by atoms with Gasteiger partial charge in [-0.05, 0) is 88.7 Å². The second kappa shape index (κ2) is 11.8. The summed E-state index contributed by atoms with van der Waals surface area (Å²) in [4.78, 5) is 10.0. The van der Waals surface area contributed by atoms with E-state index in [1.54, 1.807) is 26.4 Å². The van der Waals surface area contributed by atoms with Gasteiger partial charge in [-0.25, -0.2) is 4.39 Å². The maximum absolute atomic E-state index is 15.0. The third kappa shape index (κ3) is 7.51. The first kappa shape index (κ1) is 29.3. The summed E-state index contributed by atoms with van der Waals surface area (Å²) in [6, 6.07) is 18.5. The Labute approximate surface area is 231 Å². The highest BCUT2D eigenvalue weighted by atomic mass is 31.2. The Morgan fingerprint density at radius 2 is 1.74 bits per heavy atom. The molecule has 0 spiro atoms. The lowest BCUT2D eigenvalue weighted by Gasteiger charge is -2.32. The first-order valence-electron chi connectivity index (χ1n) is 13.4. The SMILES string of the molecule is COc1ccc(F)c(-c2ccc(COc3cccc([C@@H](CP(C)(=O)O)C4CC4)c3)cc2[C@@H](OC)C(C)(C)C)c1. The molecule has 3 atom stereocenters. The quantitative estimate of drug-likeness (QED) is 0.242. The average molecular weight is 555 g/mol. The van der Waals surface area contributed by atoms with Gasteiger partial charge in [-0.2, -0.15) is 0 Å². The fourth-order valence-electron chi connectivity index (χ4n) is 5.34. The number of rotatable bonds is 11. The van der Waals surface area contributed by atoms with E-state index in [0.717, 1.165) is 35.1 Å². The molecule has 5 nitrogen and oxygen atoms in total. The summed E-state index contributed by atoms with van der Waals surface area (Å²) in [6.07, 6.45) is 2.18. The van der Waals surface area contributed by atoms with Gasteiger partial charge >= 0.3 is 0 Å². The molecule has 0 aromatic heterocycles. The standard InChI is InChI=1S/C32H40FO5P/c1-32(2,3)31(37-5)28-16-21(10-14-26(28)27-18-24(36-4)13-15-30(27)33)19-38-25-9-7-8-23(17-25)29(22-11-12-22)20-39(6,34)35/h7-10,13-18,22,29,31H,11-12,19-20H2,1-6H3,(H,34,35)/t29-,31+/m0/s1. The molecule has 0 heterocycles. The molecule has 0 bridgehead atoms. The summed E-state index contributed by atoms with van der Waals surface area (Å²) in [5.74, 6) is 1.49. The van der Waals surface area contributed by atoms with Crippen LogP contribution in [0.15, 0.2) is 60.7 Å². The van der Waals surface area contributed by atoms with Crippen molar-refractivity contribution in [2.24, 2.45) is 11.3 Å². The van der Waals surface area contributed by atoms with Crippen molar-refractivity contribution in [2.75, 3.05) is 27.0 Å². The molecule has 1 fully saturated rings. The van der Waals surface area contributed by atoms with Crippen molar-refractivity contribution in [1.82, 2.24) is 0 Å². The smallest absolute Gasteiger partial charge is 0.198 e. The first-order chi connectivity index (χ1) is 18.4. The number of ether oxygens (including phenoxy) is 3. The van der Waals surface area contributed by atoms with E-state index in [1.165, 1.54) is 12.7 Å². The molecule has 3 aromatic rings. The van der Waals surface area contributed by atoms with E-state index >= 15 is 4.39 Å². The fraction of sp³-hybridized carbons (Fsp3) is 0.438. The van der Waals surface area contributed by atoms with Crippen LogP contribution in [0.4, 0.5) is 4.39 Å². The van der Waals surface area contributed by atoms with Gasteiger partial charge in [0.15, 0.2) is 7.37 Å². The molecule has 1 aliphatic carbocycles. The van der Waals surface area contributed by atoms with Crippen LogP contribution in [0.3, 0.4) is 0 Å². The molecule has 0 amide bonds. The molecule has 0 aliphatic heterocycles. The third-order valence-electron chi connectivity index (χ3n) is 7.30. The Kier molecular flexibility index (Phi) is 8.90. The topological polar surface area (TPSA) is 65.0 Å². The molecule has 3 aromatic carbocycles. The second-order valence-electron chi connectivity index (χ2n) is 11.8. The van der Waals surface area contributed by atoms with Crippen LogP contribution >= 0.6 is 7.37 Å². The normalized spacial score (nSPS) is 16.8. The van der Waals surface area contributed by atoms with Crippen LogP contribution < -0.4 is 9.47 Å². The maximum atomic E-state index is 15.0. The second-order valence-corrected chi connectivity index (χ2v) is 14.3. The van der Waals surface area contributed by atoms with E-state index in [9.17, 15) is 9.46 Å². The zero-order valence-corrected chi connectivity index (χ0v) is 24.6. The highest BCUT2D eigenvalue weighted by molar-refractivity contribution is 7.57. The fourth-order valence-corrected chi connectivity index (χ4v) is 6.58. The van der Waals surface area contributed by atoms with Crippen molar-refractivity contribution in [3.05, 3.63) is 83.2 Å². The zero-order chi connectivity index (χ0) is 28.4. The molecule has 7 heteroatoms. The molecule has 0 saturated heterocycles. The molecular formula is C32H40FO5P. The van der Waals surface area contributed by atoms with Gasteiger partial charge in [0.25, 0.3) is 0 Å². The number of benzene rings is 3. The summed E-state index contributed by atoms with van der Waals surface area (Å²) in [7, 11) is 0.104. The third-order valence-corrected chi connectivity index (χ3v) is 8.37. The molecule has 4 rings (SSSR count). The van der Waals surface area contributed by atoms with Crippen LogP contribution in [0, 0.1) is 17.2 Å². The Balaban J connectivity index is 1.64. The number of hydrogen-bond acceptors (Lipinski definition) is 4. The number of halogens is 1. The van der Waals surface area contributed by atoms with Crippen molar-refractivity contribution < 1.29 is 28.1 Å². The lowest BCUT2D eigenvalue weighted by Crippen LogP contribution is -2.21. The van der Waals surface area contributed by atoms with Crippen molar-refractivity contribution in [1.29, 1.82) is 0 Å². The average Bonchev–Trinajstić information content (AvgIpc) is 3.71. The molecular weight excluding hydrogens is 514 g/mol. The van der Waals surface area contributed by atoms with Crippen molar-refractivity contribution >= 4 is 7.37 Å². The van der Waals surface area contributed by atoms with Gasteiger partial charge in [-0.1, -0.05) is 45.0 Å². The minimum absolute atomic E-state index is 0.0623. The molecule has 0 radical (unpaired) electrons. The lowest BCUT2D eigenvalue weighted by molar-refractivity contribution is 0.0155. The Morgan fingerprint density at radius 1 is 1.00 bits per heavy atom. The van der Waals surface area contributed by atoms with E-state index in [1.807, 2.05) is 42.5 Å². The molecule has 39 heavy (non-hydrogen) atoms. The predicted octanol–water partition coefficient (Wildman–Crippen LogP) is 8.21. The summed E-state index contributed by atoms with van der Waals surface area (Å²) in [5, 5.41) is 0. The van der Waals surface area contributed by atoms with Crippen molar-refractivity contribution in [2.45, 2.75) is 52.2 Å². The molecule has 210 valence electrons.